The number of nitrogens with one attached hydrogen (secondary N) is 1. The standard InChI is InChI=1S/C18H23N/c1-13(2)15-5-9-17(10-6-15)19-18-11-7-16(8-12-18)14(3)4/h5-14,19H,1-4H3. The van der Waals surface area contributed by atoms with Gasteiger partial charge in [0.2, 0.25) is 0 Å². The number of hydrogen-bond acceptors (Lipinski definition) is 1. The molecule has 1 N–H and O–H groups in total. The molecule has 0 heterocycles. The van der Waals surface area contributed by atoms with Gasteiger partial charge in [0.25, 0.3) is 0 Å². The topological polar surface area (TPSA) is 12.0 Å². The van der Waals surface area contributed by atoms with E-state index in [1.165, 1.54) is 11.1 Å². The third kappa shape index (κ3) is 3.60. The number of benzene rings is 2. The van der Waals surface area contributed by atoms with Gasteiger partial charge in [-0.15, -0.1) is 0 Å². The Kier molecular flexibility index (Phi) is 4.26. The average Bonchev–Trinajstić information content (AvgIpc) is 2.40. The Morgan fingerprint density at radius 2 is 0.895 bits per heavy atom. The Labute approximate surface area is 116 Å². The quantitative estimate of drug-likeness (QED) is 0.739. The van der Waals surface area contributed by atoms with Crippen LogP contribution < -0.4 is 5.32 Å². The van der Waals surface area contributed by atoms with Crippen LogP contribution in [0.2, 0.25) is 0 Å². The lowest BCUT2D eigenvalue weighted by Crippen LogP contribution is -1.93. The lowest BCUT2D eigenvalue weighted by atomic mass is 10.0. The SMILES string of the molecule is CC(C)c1ccc(Nc2ccc(C(C)C)cc2)cc1. The highest BCUT2D eigenvalue weighted by atomic mass is 14.9. The van der Waals surface area contributed by atoms with E-state index in [0.717, 1.165) is 11.4 Å². The molecule has 1 nitrogen and oxygen atoms in total. The molecule has 0 fully saturated rings. The Morgan fingerprint density at radius 1 is 0.579 bits per heavy atom. The maximum atomic E-state index is 3.44. The highest BCUT2D eigenvalue weighted by Gasteiger charge is 2.01. The summed E-state index contributed by atoms with van der Waals surface area (Å²) in [4.78, 5) is 0. The molecule has 100 valence electrons. The zero-order valence-corrected chi connectivity index (χ0v) is 12.3. The minimum Gasteiger partial charge on any atom is -0.356 e. The van der Waals surface area contributed by atoms with Crippen LogP contribution in [-0.4, -0.2) is 0 Å². The molecular formula is C18H23N. The van der Waals surface area contributed by atoms with Crippen LogP contribution in [0.15, 0.2) is 48.5 Å². The monoisotopic (exact) mass is 253 g/mol. The summed E-state index contributed by atoms with van der Waals surface area (Å²) in [6, 6.07) is 17.3. The molecule has 0 amide bonds. The van der Waals surface area contributed by atoms with E-state index in [0.29, 0.717) is 11.8 Å². The first-order valence-electron chi connectivity index (χ1n) is 7.03. The first-order chi connectivity index (χ1) is 9.06. The smallest absolute Gasteiger partial charge is 0.0384 e. The lowest BCUT2D eigenvalue weighted by Gasteiger charge is -2.11. The molecule has 1 heteroatoms. The lowest BCUT2D eigenvalue weighted by molar-refractivity contribution is 0.866. The van der Waals surface area contributed by atoms with Crippen molar-refractivity contribution in [1.29, 1.82) is 0 Å². The highest BCUT2D eigenvalue weighted by Crippen LogP contribution is 2.22. The van der Waals surface area contributed by atoms with Crippen LogP contribution in [0, 0.1) is 0 Å². The first-order valence-corrected chi connectivity index (χ1v) is 7.03. The molecule has 2 rings (SSSR count). The van der Waals surface area contributed by atoms with Crippen LogP contribution in [0.3, 0.4) is 0 Å². The first kappa shape index (κ1) is 13.7. The molecule has 0 aliphatic carbocycles. The van der Waals surface area contributed by atoms with Crippen molar-refractivity contribution in [3.8, 4) is 0 Å². The largest absolute Gasteiger partial charge is 0.356 e. The summed E-state index contributed by atoms with van der Waals surface area (Å²) in [5.41, 5.74) is 5.03. The summed E-state index contributed by atoms with van der Waals surface area (Å²) in [5.74, 6) is 1.17. The summed E-state index contributed by atoms with van der Waals surface area (Å²) in [7, 11) is 0. The van der Waals surface area contributed by atoms with Crippen LogP contribution in [0.4, 0.5) is 11.4 Å². The fourth-order valence-corrected chi connectivity index (χ4v) is 2.07. The summed E-state index contributed by atoms with van der Waals surface area (Å²) in [6.45, 7) is 8.86. The minimum atomic E-state index is 0.583. The van der Waals surface area contributed by atoms with Gasteiger partial charge in [-0.2, -0.15) is 0 Å². The molecule has 0 saturated carbocycles. The maximum absolute atomic E-state index is 3.44. The van der Waals surface area contributed by atoms with Gasteiger partial charge in [0.05, 0.1) is 0 Å². The fourth-order valence-electron chi connectivity index (χ4n) is 2.07. The van der Waals surface area contributed by atoms with E-state index in [1.807, 2.05) is 0 Å². The third-order valence-electron chi connectivity index (χ3n) is 3.44. The zero-order chi connectivity index (χ0) is 13.8. The second kappa shape index (κ2) is 5.92. The van der Waals surface area contributed by atoms with Gasteiger partial charge in [-0.25, -0.2) is 0 Å². The number of hydrogen-bond donors (Lipinski definition) is 1. The molecule has 0 saturated heterocycles. The average molecular weight is 253 g/mol. The van der Waals surface area contributed by atoms with E-state index in [1.54, 1.807) is 0 Å². The molecule has 0 unspecified atom stereocenters. The molecule has 0 radical (unpaired) electrons. The van der Waals surface area contributed by atoms with Gasteiger partial charge in [-0.1, -0.05) is 52.0 Å². The van der Waals surface area contributed by atoms with Crippen LogP contribution in [0.25, 0.3) is 0 Å². The number of rotatable bonds is 4. The van der Waals surface area contributed by atoms with Gasteiger partial charge < -0.3 is 5.32 Å². The molecular weight excluding hydrogens is 230 g/mol. The van der Waals surface area contributed by atoms with Crippen molar-refractivity contribution >= 4 is 11.4 Å². The molecule has 0 spiro atoms. The predicted octanol–water partition coefficient (Wildman–Crippen LogP) is 5.68. The molecule has 0 aliphatic rings. The second-order valence-corrected chi connectivity index (χ2v) is 5.68. The van der Waals surface area contributed by atoms with E-state index < -0.39 is 0 Å². The van der Waals surface area contributed by atoms with Crippen molar-refractivity contribution < 1.29 is 0 Å². The Balaban J connectivity index is 2.08. The molecule has 0 aliphatic heterocycles. The molecule has 2 aromatic carbocycles. The van der Waals surface area contributed by atoms with Crippen LogP contribution >= 0.6 is 0 Å². The van der Waals surface area contributed by atoms with Crippen LogP contribution in [0.1, 0.15) is 50.7 Å². The van der Waals surface area contributed by atoms with E-state index in [-0.39, 0.29) is 0 Å². The van der Waals surface area contributed by atoms with Gasteiger partial charge in [0.1, 0.15) is 0 Å². The van der Waals surface area contributed by atoms with Crippen molar-refractivity contribution in [1.82, 2.24) is 0 Å². The van der Waals surface area contributed by atoms with E-state index in [2.05, 4.69) is 81.5 Å². The van der Waals surface area contributed by atoms with Gasteiger partial charge in [-0.3, -0.25) is 0 Å². The van der Waals surface area contributed by atoms with Crippen molar-refractivity contribution in [2.75, 3.05) is 5.32 Å². The second-order valence-electron chi connectivity index (χ2n) is 5.68. The predicted molar refractivity (Wildman–Crippen MR) is 84.3 cm³/mol. The van der Waals surface area contributed by atoms with Gasteiger partial charge >= 0.3 is 0 Å². The van der Waals surface area contributed by atoms with Crippen molar-refractivity contribution in [2.24, 2.45) is 0 Å². The third-order valence-corrected chi connectivity index (χ3v) is 3.44. The summed E-state index contributed by atoms with van der Waals surface area (Å²) >= 11 is 0. The van der Waals surface area contributed by atoms with E-state index in [9.17, 15) is 0 Å². The molecule has 19 heavy (non-hydrogen) atoms. The summed E-state index contributed by atoms with van der Waals surface area (Å²) < 4.78 is 0. The zero-order valence-electron chi connectivity index (χ0n) is 12.3. The highest BCUT2D eigenvalue weighted by molar-refractivity contribution is 5.60. The van der Waals surface area contributed by atoms with E-state index in [4.69, 9.17) is 0 Å². The van der Waals surface area contributed by atoms with Crippen LogP contribution in [0.5, 0.6) is 0 Å². The van der Waals surface area contributed by atoms with Gasteiger partial charge in [0, 0.05) is 11.4 Å². The molecule has 2 aromatic rings. The molecule has 0 bridgehead atoms. The van der Waals surface area contributed by atoms with Gasteiger partial charge in [0.15, 0.2) is 0 Å². The van der Waals surface area contributed by atoms with Crippen molar-refractivity contribution in [3.63, 3.8) is 0 Å². The fraction of sp³-hybridized carbons (Fsp3) is 0.333. The minimum absolute atomic E-state index is 0.583. The maximum Gasteiger partial charge on any atom is 0.0384 e. The normalized spacial score (nSPS) is 11.1. The van der Waals surface area contributed by atoms with Crippen LogP contribution in [-0.2, 0) is 0 Å². The number of anilines is 2. The van der Waals surface area contributed by atoms with Gasteiger partial charge in [-0.05, 0) is 47.2 Å². The Bertz CT molecular complexity index is 457. The van der Waals surface area contributed by atoms with Crippen molar-refractivity contribution in [2.45, 2.75) is 39.5 Å². The Hall–Kier alpha value is -1.76. The van der Waals surface area contributed by atoms with Crippen molar-refractivity contribution in [3.05, 3.63) is 59.7 Å². The Morgan fingerprint density at radius 3 is 1.16 bits per heavy atom. The molecule has 0 aromatic heterocycles. The summed E-state index contributed by atoms with van der Waals surface area (Å²) in [6.07, 6.45) is 0. The summed E-state index contributed by atoms with van der Waals surface area (Å²) in [5, 5.41) is 3.44. The van der Waals surface area contributed by atoms with E-state index >= 15 is 0 Å². The molecule has 0 atom stereocenters.